The van der Waals surface area contributed by atoms with Crippen LogP contribution in [0, 0.1) is 12.7 Å². The number of hydrogen-bond acceptors (Lipinski definition) is 8. The molecular formula is C28H31FN6O5S. The average Bonchev–Trinajstić information content (AvgIpc) is 3.72. The number of hydrogen-bond donors (Lipinski definition) is 1. The van der Waals surface area contributed by atoms with Gasteiger partial charge in [-0.1, -0.05) is 30.6 Å². The largest absolute Gasteiger partial charge is 0.496 e. The molecule has 4 aromatic rings. The average molecular weight is 583 g/mol. The van der Waals surface area contributed by atoms with Gasteiger partial charge in [-0.05, 0) is 44.4 Å². The summed E-state index contributed by atoms with van der Waals surface area (Å²) < 4.78 is 29.3. The third kappa shape index (κ3) is 4.97. The number of benzene rings is 1. The molecule has 0 bridgehead atoms. The zero-order chi connectivity index (χ0) is 28.7. The van der Waals surface area contributed by atoms with Crippen LogP contribution in [0.3, 0.4) is 0 Å². The van der Waals surface area contributed by atoms with Crippen molar-refractivity contribution in [1.82, 2.24) is 29.4 Å². The van der Waals surface area contributed by atoms with Crippen LogP contribution < -0.4 is 21.3 Å². The lowest BCUT2D eigenvalue weighted by molar-refractivity contribution is -0.122. The van der Waals surface area contributed by atoms with Gasteiger partial charge in [0.15, 0.2) is 0 Å². The number of fused-ring (bicyclic) bond motifs is 1. The molecule has 4 heterocycles. The predicted molar refractivity (Wildman–Crippen MR) is 150 cm³/mol. The van der Waals surface area contributed by atoms with Gasteiger partial charge >= 0.3 is 5.69 Å². The third-order valence-electron chi connectivity index (χ3n) is 7.95. The summed E-state index contributed by atoms with van der Waals surface area (Å²) in [5, 5.41) is 12.1. The van der Waals surface area contributed by atoms with Crippen LogP contribution in [-0.2, 0) is 16.1 Å². The number of methoxy groups -OCH3 is 1. The highest BCUT2D eigenvalue weighted by atomic mass is 32.1. The van der Waals surface area contributed by atoms with E-state index in [0.717, 1.165) is 36.7 Å². The Kier molecular flexibility index (Phi) is 7.47. The molecule has 0 radical (unpaired) electrons. The number of carbonyl (C=O) groups is 1. The molecule has 1 saturated carbocycles. The van der Waals surface area contributed by atoms with Gasteiger partial charge < -0.3 is 14.8 Å². The van der Waals surface area contributed by atoms with Crippen molar-refractivity contribution >= 4 is 27.5 Å². The number of aryl methyl sites for hydroxylation is 1. The molecule has 1 saturated heterocycles. The maximum atomic E-state index is 14.6. The fourth-order valence-electron chi connectivity index (χ4n) is 5.90. The molecule has 1 aliphatic heterocycles. The minimum absolute atomic E-state index is 0.0216. The zero-order valence-corrected chi connectivity index (χ0v) is 23.7. The van der Waals surface area contributed by atoms with E-state index in [1.165, 1.54) is 52.3 Å². The van der Waals surface area contributed by atoms with Gasteiger partial charge in [0.05, 0.1) is 37.5 Å². The van der Waals surface area contributed by atoms with Crippen LogP contribution in [0.5, 0.6) is 5.75 Å². The molecule has 2 fully saturated rings. The van der Waals surface area contributed by atoms with Crippen LogP contribution in [0.1, 0.15) is 61.8 Å². The molecule has 0 spiro atoms. The number of nitrogens with zero attached hydrogens (tertiary/aromatic N) is 5. The summed E-state index contributed by atoms with van der Waals surface area (Å²) in [5.74, 6) is -0.398. The molecule has 216 valence electrons. The Morgan fingerprint density at radius 1 is 1.12 bits per heavy atom. The van der Waals surface area contributed by atoms with E-state index in [1.54, 1.807) is 13.0 Å². The number of halogens is 1. The van der Waals surface area contributed by atoms with Crippen molar-refractivity contribution in [2.45, 2.75) is 70.2 Å². The minimum Gasteiger partial charge on any atom is -0.496 e. The van der Waals surface area contributed by atoms with E-state index >= 15 is 0 Å². The van der Waals surface area contributed by atoms with E-state index in [1.807, 2.05) is 0 Å². The highest BCUT2D eigenvalue weighted by Crippen LogP contribution is 2.36. The third-order valence-corrected chi connectivity index (χ3v) is 9.23. The Morgan fingerprint density at radius 2 is 1.88 bits per heavy atom. The van der Waals surface area contributed by atoms with Gasteiger partial charge in [-0.15, -0.1) is 4.80 Å². The Balaban J connectivity index is 1.57. The van der Waals surface area contributed by atoms with Crippen LogP contribution in [0.4, 0.5) is 4.39 Å². The number of amides is 1. The van der Waals surface area contributed by atoms with Gasteiger partial charge in [-0.25, -0.2) is 13.8 Å². The lowest BCUT2D eigenvalue weighted by atomic mass is 9.97. The molecule has 1 aromatic carbocycles. The van der Waals surface area contributed by atoms with Gasteiger partial charge in [-0.2, -0.15) is 10.2 Å². The first-order valence-corrected chi connectivity index (χ1v) is 14.6. The summed E-state index contributed by atoms with van der Waals surface area (Å²) in [4.78, 5) is 42.6. The van der Waals surface area contributed by atoms with E-state index < -0.39 is 29.2 Å². The molecule has 2 atom stereocenters. The standard InChI is InChI=1S/C28H31FN6O5S/c1-16-23-25(37)34(20-10-11-30-24(20)36)28(38)33(27(23)41-26(16)35-31-12-13-32-35)15-22(40-18-6-4-3-5-7-18)19-14-17(29)8-9-21(19)39-2/h8-9,12-14,18,20,22H,3-7,10-11,15H2,1-2H3,(H,30,36)/t20?,22-/m0/s1. The maximum Gasteiger partial charge on any atom is 0.332 e. The number of aromatic nitrogens is 5. The monoisotopic (exact) mass is 582 g/mol. The van der Waals surface area contributed by atoms with Crippen molar-refractivity contribution < 1.29 is 18.7 Å². The summed E-state index contributed by atoms with van der Waals surface area (Å²) in [6.45, 7) is 2.12. The Bertz CT molecular complexity index is 1710. The molecule has 11 nitrogen and oxygen atoms in total. The quantitative estimate of drug-likeness (QED) is 0.338. The summed E-state index contributed by atoms with van der Waals surface area (Å²) in [7, 11) is 1.50. The summed E-state index contributed by atoms with van der Waals surface area (Å²) in [6, 6.07) is 3.29. The van der Waals surface area contributed by atoms with Gasteiger partial charge in [0.1, 0.15) is 33.5 Å². The lowest BCUT2D eigenvalue weighted by Gasteiger charge is -2.29. The fraction of sp³-hybridized carbons (Fsp3) is 0.464. The van der Waals surface area contributed by atoms with Crippen LogP contribution in [0.2, 0.25) is 0 Å². The maximum absolute atomic E-state index is 14.6. The van der Waals surface area contributed by atoms with Crippen molar-refractivity contribution in [1.29, 1.82) is 0 Å². The van der Waals surface area contributed by atoms with Crippen molar-refractivity contribution in [3.05, 3.63) is 68.4 Å². The van der Waals surface area contributed by atoms with E-state index in [4.69, 9.17) is 9.47 Å². The number of nitrogens with one attached hydrogen (secondary N) is 1. The highest BCUT2D eigenvalue weighted by molar-refractivity contribution is 7.21. The summed E-state index contributed by atoms with van der Waals surface area (Å²) in [6.07, 6.45) is 7.42. The molecule has 13 heteroatoms. The molecule has 6 rings (SSSR count). The predicted octanol–water partition coefficient (Wildman–Crippen LogP) is 3.41. The SMILES string of the molecule is COc1ccc(F)cc1[C@H](Cn1c(=O)n(C2CCNC2=O)c(=O)c2c(C)c(-n3nccn3)sc21)OC1CCCCC1. The van der Waals surface area contributed by atoms with Gasteiger partial charge in [-0.3, -0.25) is 14.2 Å². The first-order chi connectivity index (χ1) is 19.9. The molecule has 3 aromatic heterocycles. The minimum atomic E-state index is -0.933. The van der Waals surface area contributed by atoms with Crippen LogP contribution in [0.25, 0.3) is 15.2 Å². The second kappa shape index (κ2) is 11.2. The highest BCUT2D eigenvalue weighted by Gasteiger charge is 2.33. The number of ether oxygens (including phenoxy) is 2. The van der Waals surface area contributed by atoms with Gasteiger partial charge in [0, 0.05) is 17.7 Å². The van der Waals surface area contributed by atoms with E-state index in [0.29, 0.717) is 45.1 Å². The second-order valence-electron chi connectivity index (χ2n) is 10.5. The van der Waals surface area contributed by atoms with Crippen molar-refractivity contribution in [3.63, 3.8) is 0 Å². The Morgan fingerprint density at radius 3 is 2.56 bits per heavy atom. The normalized spacial score (nSPS) is 18.6. The van der Waals surface area contributed by atoms with Crippen molar-refractivity contribution in [3.8, 4) is 10.8 Å². The Hall–Kier alpha value is -3.84. The molecule has 1 amide bonds. The molecule has 1 unspecified atom stereocenters. The first kappa shape index (κ1) is 27.3. The molecule has 1 aliphatic carbocycles. The zero-order valence-electron chi connectivity index (χ0n) is 22.8. The van der Waals surface area contributed by atoms with Crippen LogP contribution in [-0.4, -0.2) is 49.8 Å². The Labute approximate surface area is 238 Å². The second-order valence-corrected chi connectivity index (χ2v) is 11.4. The summed E-state index contributed by atoms with van der Waals surface area (Å²) >= 11 is 1.21. The molecule has 2 aliphatic rings. The van der Waals surface area contributed by atoms with Crippen molar-refractivity contribution in [2.75, 3.05) is 13.7 Å². The van der Waals surface area contributed by atoms with Crippen LogP contribution >= 0.6 is 11.3 Å². The number of rotatable bonds is 8. The topological polar surface area (TPSA) is 122 Å². The van der Waals surface area contributed by atoms with Crippen molar-refractivity contribution in [2.24, 2.45) is 0 Å². The van der Waals surface area contributed by atoms with E-state index in [9.17, 15) is 18.8 Å². The van der Waals surface area contributed by atoms with Crippen LogP contribution in [0.15, 0.2) is 40.2 Å². The van der Waals surface area contributed by atoms with Gasteiger partial charge in [0.2, 0.25) is 5.91 Å². The van der Waals surface area contributed by atoms with E-state index in [-0.39, 0.29) is 18.6 Å². The molecular weight excluding hydrogens is 551 g/mol. The smallest absolute Gasteiger partial charge is 0.332 e. The number of thiophene rings is 1. The molecule has 1 N–H and O–H groups in total. The van der Waals surface area contributed by atoms with Gasteiger partial charge in [0.25, 0.3) is 5.56 Å². The summed E-state index contributed by atoms with van der Waals surface area (Å²) in [5.41, 5.74) is -0.0983. The van der Waals surface area contributed by atoms with E-state index in [2.05, 4.69) is 15.5 Å². The first-order valence-electron chi connectivity index (χ1n) is 13.8. The molecule has 41 heavy (non-hydrogen) atoms. The number of carbonyl (C=O) groups excluding carboxylic acids is 1. The fourth-order valence-corrected chi connectivity index (χ4v) is 7.12. The lowest BCUT2D eigenvalue weighted by Crippen LogP contribution is -2.44.